The fourth-order valence-electron chi connectivity index (χ4n) is 2.67. The highest BCUT2D eigenvalue weighted by atomic mass is 19.1. The molecule has 1 aromatic carbocycles. The Labute approximate surface area is 103 Å². The largest absolute Gasteiger partial charge is 0.327 e. The summed E-state index contributed by atoms with van der Waals surface area (Å²) in [4.78, 5) is 2.17. The summed E-state index contributed by atoms with van der Waals surface area (Å²) in [5.41, 5.74) is 6.82. The molecule has 2 rings (SSSR count). The van der Waals surface area contributed by atoms with Crippen LogP contribution in [0, 0.1) is 11.7 Å². The minimum absolute atomic E-state index is 0.116. The molecule has 2 unspecified atom stereocenters. The van der Waals surface area contributed by atoms with Crippen LogP contribution in [0.1, 0.15) is 24.8 Å². The lowest BCUT2D eigenvalue weighted by molar-refractivity contribution is 0.256. The highest BCUT2D eigenvalue weighted by Crippen LogP contribution is 2.25. The van der Waals surface area contributed by atoms with E-state index in [4.69, 9.17) is 5.73 Å². The molecule has 0 bridgehead atoms. The maximum Gasteiger partial charge on any atom is 0.127 e. The van der Waals surface area contributed by atoms with Crippen molar-refractivity contribution < 1.29 is 4.39 Å². The van der Waals surface area contributed by atoms with Crippen molar-refractivity contribution in [3.8, 4) is 0 Å². The van der Waals surface area contributed by atoms with E-state index in [9.17, 15) is 4.39 Å². The van der Waals surface area contributed by atoms with E-state index in [0.717, 1.165) is 18.5 Å². The van der Waals surface area contributed by atoms with E-state index in [2.05, 4.69) is 4.90 Å². The smallest absolute Gasteiger partial charge is 0.127 e. The summed E-state index contributed by atoms with van der Waals surface area (Å²) < 4.78 is 13.5. The van der Waals surface area contributed by atoms with Crippen LogP contribution >= 0.6 is 0 Å². The molecule has 0 heterocycles. The molecule has 3 heteroatoms. The monoisotopic (exact) mass is 236 g/mol. The zero-order valence-electron chi connectivity index (χ0n) is 10.4. The summed E-state index contributed by atoms with van der Waals surface area (Å²) in [6.45, 7) is 1.63. The third-order valence-corrected chi connectivity index (χ3v) is 3.66. The summed E-state index contributed by atoms with van der Waals surface area (Å²) >= 11 is 0. The molecule has 17 heavy (non-hydrogen) atoms. The van der Waals surface area contributed by atoms with Crippen LogP contribution in [0.3, 0.4) is 0 Å². The SMILES string of the molecule is CN(Cc1ccccc1F)CC1CCCC1N. The van der Waals surface area contributed by atoms with Gasteiger partial charge in [-0.1, -0.05) is 24.6 Å². The van der Waals surface area contributed by atoms with E-state index in [1.807, 2.05) is 19.2 Å². The molecule has 0 spiro atoms. The van der Waals surface area contributed by atoms with Crippen LogP contribution in [0.15, 0.2) is 24.3 Å². The Balaban J connectivity index is 1.89. The van der Waals surface area contributed by atoms with E-state index >= 15 is 0 Å². The van der Waals surface area contributed by atoms with Gasteiger partial charge >= 0.3 is 0 Å². The third kappa shape index (κ3) is 3.27. The molecule has 2 N–H and O–H groups in total. The molecule has 0 radical (unpaired) electrons. The predicted molar refractivity (Wildman–Crippen MR) is 68.1 cm³/mol. The van der Waals surface area contributed by atoms with Crippen molar-refractivity contribution >= 4 is 0 Å². The predicted octanol–water partition coefficient (Wildman–Crippen LogP) is 2.38. The Morgan fingerprint density at radius 3 is 2.76 bits per heavy atom. The second kappa shape index (κ2) is 5.61. The highest BCUT2D eigenvalue weighted by molar-refractivity contribution is 5.17. The first-order valence-electron chi connectivity index (χ1n) is 6.34. The number of nitrogens with zero attached hydrogens (tertiary/aromatic N) is 1. The van der Waals surface area contributed by atoms with E-state index in [-0.39, 0.29) is 5.82 Å². The van der Waals surface area contributed by atoms with Crippen molar-refractivity contribution in [2.75, 3.05) is 13.6 Å². The normalized spacial score (nSPS) is 24.5. The average molecular weight is 236 g/mol. The molecule has 1 fully saturated rings. The minimum atomic E-state index is -0.116. The first kappa shape index (κ1) is 12.5. The number of nitrogens with two attached hydrogens (primary N) is 1. The lowest BCUT2D eigenvalue weighted by Crippen LogP contribution is -2.34. The van der Waals surface area contributed by atoms with Gasteiger partial charge in [-0.25, -0.2) is 4.39 Å². The summed E-state index contributed by atoms with van der Waals surface area (Å²) in [6, 6.07) is 7.31. The molecular formula is C14H21FN2. The van der Waals surface area contributed by atoms with Crippen LogP contribution in [0.5, 0.6) is 0 Å². The average Bonchev–Trinajstić information content (AvgIpc) is 2.68. The molecule has 1 aliphatic carbocycles. The Hall–Kier alpha value is -0.930. The summed E-state index contributed by atoms with van der Waals surface area (Å²) in [6.07, 6.45) is 3.58. The maximum absolute atomic E-state index is 13.5. The van der Waals surface area contributed by atoms with Crippen LogP contribution in [-0.4, -0.2) is 24.5 Å². The van der Waals surface area contributed by atoms with Gasteiger partial charge in [0.25, 0.3) is 0 Å². The van der Waals surface area contributed by atoms with E-state index in [0.29, 0.717) is 18.5 Å². The quantitative estimate of drug-likeness (QED) is 0.869. The van der Waals surface area contributed by atoms with Gasteiger partial charge in [0.1, 0.15) is 5.82 Å². The van der Waals surface area contributed by atoms with Gasteiger partial charge in [0, 0.05) is 24.7 Å². The van der Waals surface area contributed by atoms with Gasteiger partial charge < -0.3 is 10.6 Å². The van der Waals surface area contributed by atoms with E-state index in [1.54, 1.807) is 6.07 Å². The van der Waals surface area contributed by atoms with Crippen molar-refractivity contribution in [3.05, 3.63) is 35.6 Å². The third-order valence-electron chi connectivity index (χ3n) is 3.66. The fraction of sp³-hybridized carbons (Fsp3) is 0.571. The standard InChI is InChI=1S/C14H21FN2/c1-17(10-12-6-4-8-14(12)16)9-11-5-2-3-7-13(11)15/h2-3,5,7,12,14H,4,6,8-10,16H2,1H3. The van der Waals surface area contributed by atoms with Crippen molar-refractivity contribution in [2.24, 2.45) is 11.7 Å². The molecule has 94 valence electrons. The molecule has 0 aliphatic heterocycles. The maximum atomic E-state index is 13.5. The molecule has 0 amide bonds. The van der Waals surface area contributed by atoms with Gasteiger partial charge in [-0.15, -0.1) is 0 Å². The second-order valence-electron chi connectivity index (χ2n) is 5.14. The molecular weight excluding hydrogens is 215 g/mol. The molecule has 2 nitrogen and oxygen atoms in total. The first-order valence-corrected chi connectivity index (χ1v) is 6.34. The van der Waals surface area contributed by atoms with Crippen LogP contribution < -0.4 is 5.73 Å². The Morgan fingerprint density at radius 1 is 1.35 bits per heavy atom. The number of rotatable bonds is 4. The number of benzene rings is 1. The van der Waals surface area contributed by atoms with Gasteiger partial charge in [0.15, 0.2) is 0 Å². The zero-order valence-corrected chi connectivity index (χ0v) is 10.4. The van der Waals surface area contributed by atoms with Gasteiger partial charge in [-0.05, 0) is 31.9 Å². The topological polar surface area (TPSA) is 29.3 Å². The Morgan fingerprint density at radius 2 is 2.12 bits per heavy atom. The van der Waals surface area contributed by atoms with Crippen molar-refractivity contribution in [1.82, 2.24) is 4.90 Å². The molecule has 1 saturated carbocycles. The highest BCUT2D eigenvalue weighted by Gasteiger charge is 2.24. The van der Waals surface area contributed by atoms with Crippen LogP contribution in [0.25, 0.3) is 0 Å². The Bertz CT molecular complexity index is 367. The van der Waals surface area contributed by atoms with Crippen molar-refractivity contribution in [1.29, 1.82) is 0 Å². The van der Waals surface area contributed by atoms with E-state index in [1.165, 1.54) is 18.9 Å². The van der Waals surface area contributed by atoms with Crippen LogP contribution in [0.4, 0.5) is 4.39 Å². The van der Waals surface area contributed by atoms with E-state index < -0.39 is 0 Å². The number of hydrogen-bond acceptors (Lipinski definition) is 2. The zero-order chi connectivity index (χ0) is 12.3. The summed E-state index contributed by atoms with van der Waals surface area (Å²) in [5.74, 6) is 0.460. The van der Waals surface area contributed by atoms with Crippen molar-refractivity contribution in [2.45, 2.75) is 31.8 Å². The Kier molecular flexibility index (Phi) is 4.13. The molecule has 0 aromatic heterocycles. The van der Waals surface area contributed by atoms with Gasteiger partial charge in [0.2, 0.25) is 0 Å². The lowest BCUT2D eigenvalue weighted by atomic mass is 10.0. The van der Waals surface area contributed by atoms with Gasteiger partial charge in [0.05, 0.1) is 0 Å². The second-order valence-corrected chi connectivity index (χ2v) is 5.14. The van der Waals surface area contributed by atoms with Gasteiger partial charge in [-0.2, -0.15) is 0 Å². The van der Waals surface area contributed by atoms with Crippen LogP contribution in [-0.2, 0) is 6.54 Å². The molecule has 0 saturated heterocycles. The summed E-state index contributed by atoms with van der Waals surface area (Å²) in [5, 5.41) is 0. The number of halogens is 1. The lowest BCUT2D eigenvalue weighted by Gasteiger charge is -2.23. The summed E-state index contributed by atoms with van der Waals surface area (Å²) in [7, 11) is 2.04. The molecule has 2 atom stereocenters. The fourth-order valence-corrected chi connectivity index (χ4v) is 2.67. The van der Waals surface area contributed by atoms with Crippen molar-refractivity contribution in [3.63, 3.8) is 0 Å². The number of hydrogen-bond donors (Lipinski definition) is 1. The first-order chi connectivity index (χ1) is 8.16. The van der Waals surface area contributed by atoms with Gasteiger partial charge in [-0.3, -0.25) is 0 Å². The molecule has 1 aromatic rings. The minimum Gasteiger partial charge on any atom is -0.327 e. The molecule has 1 aliphatic rings. The van der Waals surface area contributed by atoms with Crippen LogP contribution in [0.2, 0.25) is 0 Å².